The third-order valence-corrected chi connectivity index (χ3v) is 7.08. The van der Waals surface area contributed by atoms with Gasteiger partial charge in [-0.25, -0.2) is 24.8 Å². The number of carboxylic acids is 2. The first-order valence-corrected chi connectivity index (χ1v) is 13.4. The van der Waals surface area contributed by atoms with Gasteiger partial charge >= 0.3 is 11.9 Å². The number of carbonyl (C=O) groups excluding carboxylic acids is 1. The van der Waals surface area contributed by atoms with Crippen molar-refractivity contribution in [3.63, 3.8) is 0 Å². The summed E-state index contributed by atoms with van der Waals surface area (Å²) in [6.45, 7) is 2.42. The third-order valence-electron chi connectivity index (χ3n) is 7.08. The lowest BCUT2D eigenvalue weighted by Crippen LogP contribution is -2.47. The number of rotatable bonds is 9. The van der Waals surface area contributed by atoms with E-state index in [1.54, 1.807) is 11.0 Å². The van der Waals surface area contributed by atoms with Crippen molar-refractivity contribution in [2.45, 2.75) is 0 Å². The van der Waals surface area contributed by atoms with Crippen molar-refractivity contribution in [1.29, 1.82) is 5.53 Å². The number of nitrogens with one attached hydrogen (secondary N) is 2. The van der Waals surface area contributed by atoms with Crippen molar-refractivity contribution in [3.8, 4) is 28.6 Å². The van der Waals surface area contributed by atoms with Crippen LogP contribution in [-0.4, -0.2) is 101 Å². The van der Waals surface area contributed by atoms with Crippen LogP contribution in [0, 0.1) is 5.53 Å². The summed E-state index contributed by atoms with van der Waals surface area (Å²) in [5, 5.41) is 53.1. The van der Waals surface area contributed by atoms with Crippen LogP contribution in [0.2, 0.25) is 0 Å². The Bertz CT molecular complexity index is 1850. The monoisotopic (exact) mass is 613 g/mol. The molecule has 3 heterocycles. The molecule has 0 unspecified atom stereocenters. The van der Waals surface area contributed by atoms with E-state index in [0.717, 1.165) is 0 Å². The molecule has 4 aromatic rings. The molecule has 0 bridgehead atoms. The molecule has 0 saturated carbocycles. The number of aromatic carboxylic acids is 2. The standard InChI is InChI=1S/C29H27N9O7/c1-36-6-8-37(9-7-36)27(41)16-10-21(23(33-30)14-31-17-2-4-19(28(42)43)25(39)12-17)32-22(11-16)24-15-38(35-34-24)18-3-5-20(29(44)45)26(40)13-18/h2-5,10-15,30-31,39-40H,6-9H2,1H3,(H,42,43)(H,44,45)/b23-14-,33-30?. The molecule has 2 aromatic heterocycles. The van der Waals surface area contributed by atoms with Gasteiger partial charge in [-0.05, 0) is 43.4 Å². The second-order valence-corrected chi connectivity index (χ2v) is 10.1. The number of anilines is 1. The second kappa shape index (κ2) is 12.6. The van der Waals surface area contributed by atoms with Gasteiger partial charge in [0.1, 0.15) is 34.0 Å². The van der Waals surface area contributed by atoms with Crippen LogP contribution in [0.3, 0.4) is 0 Å². The Kier molecular flexibility index (Phi) is 8.49. The molecule has 1 fully saturated rings. The van der Waals surface area contributed by atoms with Crippen LogP contribution in [0.5, 0.6) is 11.5 Å². The summed E-state index contributed by atoms with van der Waals surface area (Å²) in [7, 11) is 1.97. The Morgan fingerprint density at radius 3 is 2.20 bits per heavy atom. The number of benzene rings is 2. The van der Waals surface area contributed by atoms with E-state index in [-0.39, 0.29) is 45.4 Å². The number of hydrogen-bond donors (Lipinski definition) is 6. The van der Waals surface area contributed by atoms with E-state index in [4.69, 9.17) is 10.6 Å². The average Bonchev–Trinajstić information content (AvgIpc) is 3.51. The zero-order chi connectivity index (χ0) is 32.2. The van der Waals surface area contributed by atoms with Crippen LogP contribution < -0.4 is 5.32 Å². The van der Waals surface area contributed by atoms with Crippen molar-refractivity contribution in [2.75, 3.05) is 38.5 Å². The summed E-state index contributed by atoms with van der Waals surface area (Å²) in [5.41, 5.74) is 8.74. The van der Waals surface area contributed by atoms with Gasteiger partial charge in [-0.1, -0.05) is 5.21 Å². The van der Waals surface area contributed by atoms with Gasteiger partial charge in [0.2, 0.25) is 0 Å². The highest BCUT2D eigenvalue weighted by Crippen LogP contribution is 2.27. The molecule has 1 aliphatic heterocycles. The maximum Gasteiger partial charge on any atom is 0.339 e. The minimum absolute atomic E-state index is 0.00709. The number of likely N-dealkylation sites (N-methyl/N-ethyl adjacent to an activating group) is 1. The van der Waals surface area contributed by atoms with Crippen LogP contribution in [0.4, 0.5) is 5.69 Å². The number of aromatic hydroxyl groups is 2. The number of carbonyl (C=O) groups is 3. The SMILES string of the molecule is CN1CCN(C(=O)c2cc(/C(=C/Nc3ccc(C(=O)O)c(O)c3)N=N)nc(-c3cn(-c4ccc(C(=O)O)c(O)c4)nn3)c2)CC1. The maximum absolute atomic E-state index is 13.6. The number of amides is 1. The van der Waals surface area contributed by atoms with Crippen LogP contribution in [0.15, 0.2) is 66.0 Å². The number of hydrogen-bond acceptors (Lipinski definition) is 12. The van der Waals surface area contributed by atoms with Gasteiger partial charge in [0.05, 0.1) is 23.3 Å². The Hall–Kier alpha value is -6.16. The van der Waals surface area contributed by atoms with Crippen LogP contribution in [0.1, 0.15) is 36.8 Å². The molecule has 6 N–H and O–H groups in total. The van der Waals surface area contributed by atoms with E-state index in [1.165, 1.54) is 59.5 Å². The van der Waals surface area contributed by atoms with Gasteiger partial charge in [0.15, 0.2) is 0 Å². The minimum Gasteiger partial charge on any atom is -0.507 e. The molecule has 0 radical (unpaired) electrons. The Morgan fingerprint density at radius 2 is 1.58 bits per heavy atom. The van der Waals surface area contributed by atoms with Gasteiger partial charge in [0.25, 0.3) is 5.91 Å². The molecule has 16 nitrogen and oxygen atoms in total. The summed E-state index contributed by atoms with van der Waals surface area (Å²) in [5.74, 6) is -3.76. The van der Waals surface area contributed by atoms with Gasteiger partial charge < -0.3 is 35.5 Å². The molecule has 0 spiro atoms. The first-order chi connectivity index (χ1) is 21.5. The van der Waals surface area contributed by atoms with Crippen molar-refractivity contribution >= 4 is 29.2 Å². The lowest BCUT2D eigenvalue weighted by Gasteiger charge is -2.32. The predicted molar refractivity (Wildman–Crippen MR) is 158 cm³/mol. The summed E-state index contributed by atoms with van der Waals surface area (Å²) in [6.07, 6.45) is 2.81. The van der Waals surface area contributed by atoms with E-state index in [9.17, 15) is 29.7 Å². The molecular formula is C29H27N9O7. The number of pyridine rings is 1. The molecule has 45 heavy (non-hydrogen) atoms. The number of nitrogens with zero attached hydrogens (tertiary/aromatic N) is 7. The predicted octanol–water partition coefficient (Wildman–Crippen LogP) is 2.97. The molecule has 1 aliphatic rings. The van der Waals surface area contributed by atoms with Gasteiger partial charge in [0, 0.05) is 55.8 Å². The topological polar surface area (TPSA) is 230 Å². The minimum atomic E-state index is -1.29. The first kappa shape index (κ1) is 30.3. The van der Waals surface area contributed by atoms with Crippen molar-refractivity contribution in [2.24, 2.45) is 5.11 Å². The van der Waals surface area contributed by atoms with E-state index in [0.29, 0.717) is 37.6 Å². The molecule has 1 saturated heterocycles. The van der Waals surface area contributed by atoms with Crippen LogP contribution in [-0.2, 0) is 0 Å². The number of carboxylic acid groups (broad SMARTS) is 2. The first-order valence-electron chi connectivity index (χ1n) is 13.4. The zero-order valence-corrected chi connectivity index (χ0v) is 23.7. The highest BCUT2D eigenvalue weighted by atomic mass is 16.4. The molecule has 0 aliphatic carbocycles. The largest absolute Gasteiger partial charge is 0.507 e. The Morgan fingerprint density at radius 1 is 0.911 bits per heavy atom. The summed E-state index contributed by atoms with van der Waals surface area (Å²) in [4.78, 5) is 44.5. The quantitative estimate of drug-likeness (QED) is 0.150. The van der Waals surface area contributed by atoms with Crippen molar-refractivity contribution in [1.82, 2.24) is 29.8 Å². The average molecular weight is 614 g/mol. The molecule has 0 atom stereocenters. The highest BCUT2D eigenvalue weighted by Gasteiger charge is 2.23. The van der Waals surface area contributed by atoms with Crippen LogP contribution in [0.25, 0.3) is 22.8 Å². The van der Waals surface area contributed by atoms with E-state index in [1.807, 2.05) is 7.05 Å². The fraction of sp³-hybridized carbons (Fsp3) is 0.172. The molecule has 5 rings (SSSR count). The molecular weight excluding hydrogens is 586 g/mol. The van der Waals surface area contributed by atoms with Crippen LogP contribution >= 0.6 is 0 Å². The fourth-order valence-corrected chi connectivity index (χ4v) is 4.58. The smallest absolute Gasteiger partial charge is 0.339 e. The molecule has 16 heteroatoms. The third kappa shape index (κ3) is 6.60. The molecule has 1 amide bonds. The number of piperazine rings is 1. The lowest BCUT2D eigenvalue weighted by atomic mass is 10.1. The van der Waals surface area contributed by atoms with E-state index >= 15 is 0 Å². The van der Waals surface area contributed by atoms with E-state index in [2.05, 4.69) is 30.6 Å². The Balaban J connectivity index is 1.52. The summed E-state index contributed by atoms with van der Waals surface area (Å²) in [6, 6.07) is 10.8. The van der Waals surface area contributed by atoms with Crippen molar-refractivity contribution in [3.05, 3.63) is 83.3 Å². The lowest BCUT2D eigenvalue weighted by molar-refractivity contribution is 0.0660. The summed E-state index contributed by atoms with van der Waals surface area (Å²) >= 11 is 0. The highest BCUT2D eigenvalue weighted by molar-refractivity contribution is 5.96. The van der Waals surface area contributed by atoms with E-state index < -0.39 is 23.4 Å². The maximum atomic E-state index is 13.6. The van der Waals surface area contributed by atoms with Crippen molar-refractivity contribution < 1.29 is 34.8 Å². The van der Waals surface area contributed by atoms with Gasteiger partial charge in [-0.15, -0.1) is 5.10 Å². The molecule has 2 aromatic carbocycles. The Labute approximate surface area is 255 Å². The normalized spacial score (nSPS) is 13.8. The number of aromatic nitrogens is 4. The zero-order valence-electron chi connectivity index (χ0n) is 23.7. The van der Waals surface area contributed by atoms with Gasteiger partial charge in [-0.2, -0.15) is 5.11 Å². The number of phenols is 2. The second-order valence-electron chi connectivity index (χ2n) is 10.1. The van der Waals surface area contributed by atoms with Gasteiger partial charge in [-0.3, -0.25) is 4.79 Å². The fourth-order valence-electron chi connectivity index (χ4n) is 4.58. The summed E-state index contributed by atoms with van der Waals surface area (Å²) < 4.78 is 1.30. The molecule has 230 valence electrons.